The summed E-state index contributed by atoms with van der Waals surface area (Å²) in [7, 11) is 0. The van der Waals surface area contributed by atoms with Crippen LogP contribution in [-0.2, 0) is 0 Å². The fourth-order valence-electron chi connectivity index (χ4n) is 2.57. The third-order valence-corrected chi connectivity index (χ3v) is 4.23. The highest BCUT2D eigenvalue weighted by Crippen LogP contribution is 2.39. The van der Waals surface area contributed by atoms with Crippen LogP contribution in [0.2, 0.25) is 0 Å². The van der Waals surface area contributed by atoms with Gasteiger partial charge in [0.25, 0.3) is 0 Å². The standard InChI is InChI=1S/C17H29NO/c1-6-7-10-18-12-15(5)17(19)11-16(13(2)3)9-8-14(17)4/h8,16,18-19H,2,5-7,9-12H2,1,3-4H3. The van der Waals surface area contributed by atoms with Crippen LogP contribution in [0.3, 0.4) is 0 Å². The summed E-state index contributed by atoms with van der Waals surface area (Å²) in [5, 5.41) is 14.3. The maximum atomic E-state index is 10.9. The first-order valence-electron chi connectivity index (χ1n) is 7.35. The van der Waals surface area contributed by atoms with E-state index in [1.54, 1.807) is 0 Å². The van der Waals surface area contributed by atoms with E-state index >= 15 is 0 Å². The van der Waals surface area contributed by atoms with Crippen LogP contribution in [0, 0.1) is 5.92 Å². The quantitative estimate of drug-likeness (QED) is 0.543. The molecule has 2 nitrogen and oxygen atoms in total. The second kappa shape index (κ2) is 7.06. The number of nitrogens with one attached hydrogen (secondary N) is 1. The fraction of sp³-hybridized carbons (Fsp3) is 0.647. The molecule has 2 unspecified atom stereocenters. The molecule has 0 saturated carbocycles. The first-order chi connectivity index (χ1) is 8.91. The summed E-state index contributed by atoms with van der Waals surface area (Å²) in [6.07, 6.45) is 6.19. The van der Waals surface area contributed by atoms with Gasteiger partial charge in [-0.15, -0.1) is 0 Å². The Bertz CT molecular complexity index is 369. The Kier molecular flexibility index (Phi) is 6.02. The smallest absolute Gasteiger partial charge is 0.108 e. The van der Waals surface area contributed by atoms with Gasteiger partial charge in [0.05, 0.1) is 0 Å². The summed E-state index contributed by atoms with van der Waals surface area (Å²) in [5.41, 5.74) is 2.20. The average Bonchev–Trinajstić information content (AvgIpc) is 2.37. The first kappa shape index (κ1) is 16.2. The minimum atomic E-state index is -0.860. The van der Waals surface area contributed by atoms with Crippen molar-refractivity contribution in [2.45, 2.75) is 52.1 Å². The highest BCUT2D eigenvalue weighted by atomic mass is 16.3. The van der Waals surface area contributed by atoms with E-state index in [0.717, 1.165) is 42.5 Å². The maximum Gasteiger partial charge on any atom is 0.108 e. The molecule has 0 aliphatic heterocycles. The van der Waals surface area contributed by atoms with E-state index < -0.39 is 5.60 Å². The van der Waals surface area contributed by atoms with E-state index in [9.17, 15) is 5.11 Å². The third kappa shape index (κ3) is 4.05. The molecule has 0 fully saturated rings. The van der Waals surface area contributed by atoms with Gasteiger partial charge in [-0.1, -0.05) is 38.2 Å². The number of hydrogen-bond acceptors (Lipinski definition) is 2. The molecule has 1 aliphatic carbocycles. The largest absolute Gasteiger partial charge is 0.381 e. The molecule has 1 aliphatic rings. The number of unbranched alkanes of at least 4 members (excludes halogenated alkanes) is 1. The monoisotopic (exact) mass is 263 g/mol. The molecule has 2 heteroatoms. The van der Waals surface area contributed by atoms with Gasteiger partial charge in [0.2, 0.25) is 0 Å². The van der Waals surface area contributed by atoms with Crippen LogP contribution in [-0.4, -0.2) is 23.8 Å². The predicted octanol–water partition coefficient (Wildman–Crippen LogP) is 3.60. The molecule has 0 amide bonds. The third-order valence-electron chi connectivity index (χ3n) is 4.23. The molecule has 2 atom stereocenters. The highest BCUT2D eigenvalue weighted by molar-refractivity contribution is 5.34. The maximum absolute atomic E-state index is 10.9. The topological polar surface area (TPSA) is 32.3 Å². The molecule has 108 valence electrons. The van der Waals surface area contributed by atoms with Gasteiger partial charge in [-0.25, -0.2) is 0 Å². The summed E-state index contributed by atoms with van der Waals surface area (Å²) < 4.78 is 0. The Labute approximate surface area is 118 Å². The number of rotatable bonds is 7. The Balaban J connectivity index is 2.66. The lowest BCUT2D eigenvalue weighted by molar-refractivity contribution is 0.0834. The summed E-state index contributed by atoms with van der Waals surface area (Å²) >= 11 is 0. The van der Waals surface area contributed by atoms with Gasteiger partial charge in [0.15, 0.2) is 0 Å². The van der Waals surface area contributed by atoms with Gasteiger partial charge >= 0.3 is 0 Å². The molecule has 0 bridgehead atoms. The van der Waals surface area contributed by atoms with Crippen LogP contribution in [0.15, 0.2) is 36.0 Å². The first-order valence-corrected chi connectivity index (χ1v) is 7.35. The van der Waals surface area contributed by atoms with Crippen LogP contribution >= 0.6 is 0 Å². The van der Waals surface area contributed by atoms with Crippen molar-refractivity contribution in [3.05, 3.63) is 36.0 Å². The number of allylic oxidation sites excluding steroid dienone is 2. The lowest BCUT2D eigenvalue weighted by Gasteiger charge is -2.38. The average molecular weight is 263 g/mol. The molecule has 0 aromatic rings. The van der Waals surface area contributed by atoms with Crippen LogP contribution in [0.25, 0.3) is 0 Å². The lowest BCUT2D eigenvalue weighted by atomic mass is 9.72. The SMILES string of the molecule is C=C(C)C1CC=C(C)C(O)(C(=C)CNCCCC)C1. The molecular weight excluding hydrogens is 234 g/mol. The zero-order valence-electron chi connectivity index (χ0n) is 12.8. The zero-order chi connectivity index (χ0) is 14.5. The number of hydrogen-bond donors (Lipinski definition) is 2. The van der Waals surface area contributed by atoms with Crippen LogP contribution in [0.5, 0.6) is 0 Å². The van der Waals surface area contributed by atoms with Gasteiger partial charge in [-0.2, -0.15) is 0 Å². The van der Waals surface area contributed by atoms with Crippen molar-refractivity contribution >= 4 is 0 Å². The normalized spacial score (nSPS) is 26.9. The summed E-state index contributed by atoms with van der Waals surface area (Å²) in [6, 6.07) is 0. The van der Waals surface area contributed by atoms with Crippen molar-refractivity contribution in [2.75, 3.05) is 13.1 Å². The molecule has 0 radical (unpaired) electrons. The molecule has 0 heterocycles. The Morgan fingerprint density at radius 2 is 2.21 bits per heavy atom. The highest BCUT2D eigenvalue weighted by Gasteiger charge is 2.37. The van der Waals surface area contributed by atoms with E-state index in [0.29, 0.717) is 12.5 Å². The summed E-state index contributed by atoms with van der Waals surface area (Å²) in [4.78, 5) is 0. The van der Waals surface area contributed by atoms with Gasteiger partial charge in [0, 0.05) is 6.54 Å². The van der Waals surface area contributed by atoms with Gasteiger partial charge in [-0.05, 0) is 56.7 Å². The van der Waals surface area contributed by atoms with Crippen LogP contribution < -0.4 is 5.32 Å². The second-order valence-electron chi connectivity index (χ2n) is 5.86. The second-order valence-corrected chi connectivity index (χ2v) is 5.86. The minimum absolute atomic E-state index is 0.362. The number of aliphatic hydroxyl groups is 1. The van der Waals surface area contributed by atoms with E-state index in [4.69, 9.17) is 0 Å². The van der Waals surface area contributed by atoms with Crippen molar-refractivity contribution in [3.8, 4) is 0 Å². The Morgan fingerprint density at radius 3 is 2.79 bits per heavy atom. The minimum Gasteiger partial charge on any atom is -0.381 e. The van der Waals surface area contributed by atoms with Crippen LogP contribution in [0.4, 0.5) is 0 Å². The zero-order valence-corrected chi connectivity index (χ0v) is 12.8. The van der Waals surface area contributed by atoms with E-state index in [1.807, 2.05) is 13.8 Å². The van der Waals surface area contributed by atoms with Gasteiger partial charge in [-0.3, -0.25) is 0 Å². The van der Waals surface area contributed by atoms with E-state index in [1.165, 1.54) is 6.42 Å². The van der Waals surface area contributed by atoms with E-state index in [-0.39, 0.29) is 0 Å². The van der Waals surface area contributed by atoms with E-state index in [2.05, 4.69) is 31.5 Å². The van der Waals surface area contributed by atoms with Crippen molar-refractivity contribution in [1.29, 1.82) is 0 Å². The summed E-state index contributed by atoms with van der Waals surface area (Å²) in [6.45, 7) is 16.0. The molecule has 19 heavy (non-hydrogen) atoms. The molecular formula is C17H29NO. The fourth-order valence-corrected chi connectivity index (χ4v) is 2.57. The van der Waals surface area contributed by atoms with Crippen molar-refractivity contribution in [3.63, 3.8) is 0 Å². The van der Waals surface area contributed by atoms with Crippen molar-refractivity contribution in [1.82, 2.24) is 5.32 Å². The molecule has 1 rings (SSSR count). The summed E-state index contributed by atoms with van der Waals surface area (Å²) in [5.74, 6) is 0.362. The molecule has 0 saturated heterocycles. The molecule has 0 aromatic carbocycles. The molecule has 0 aromatic heterocycles. The molecule has 2 N–H and O–H groups in total. The lowest BCUT2D eigenvalue weighted by Crippen LogP contribution is -2.41. The van der Waals surface area contributed by atoms with Gasteiger partial charge < -0.3 is 10.4 Å². The Hall–Kier alpha value is -0.860. The van der Waals surface area contributed by atoms with Crippen LogP contribution in [0.1, 0.15) is 46.5 Å². The van der Waals surface area contributed by atoms with Crippen molar-refractivity contribution in [2.24, 2.45) is 5.92 Å². The molecule has 0 spiro atoms. The van der Waals surface area contributed by atoms with Crippen molar-refractivity contribution < 1.29 is 5.11 Å². The van der Waals surface area contributed by atoms with Gasteiger partial charge in [0.1, 0.15) is 5.60 Å². The Morgan fingerprint density at radius 1 is 1.53 bits per heavy atom. The predicted molar refractivity (Wildman–Crippen MR) is 83.2 cm³/mol.